The van der Waals surface area contributed by atoms with Crippen molar-refractivity contribution in [2.45, 2.75) is 76.6 Å². The molecule has 1 heterocycles. The van der Waals surface area contributed by atoms with Crippen LogP contribution in [0.1, 0.15) is 75.5 Å². The molecule has 154 valence electrons. The molecule has 2 aromatic carbocycles. The second kappa shape index (κ2) is 8.85. The van der Waals surface area contributed by atoms with Crippen LogP contribution in [-0.4, -0.2) is 19.5 Å². The number of hydrogen-bond acceptors (Lipinski definition) is 2. The van der Waals surface area contributed by atoms with Gasteiger partial charge in [0.1, 0.15) is 6.10 Å². The van der Waals surface area contributed by atoms with Crippen LogP contribution in [0.25, 0.3) is 17.2 Å². The zero-order chi connectivity index (χ0) is 20.3. The van der Waals surface area contributed by atoms with Crippen LogP contribution in [0.15, 0.2) is 48.5 Å². The van der Waals surface area contributed by atoms with Gasteiger partial charge in [-0.3, -0.25) is 0 Å². The predicted molar refractivity (Wildman–Crippen MR) is 121 cm³/mol. The van der Waals surface area contributed by atoms with Gasteiger partial charge in [0.15, 0.2) is 6.29 Å². The number of rotatable bonds is 10. The molecule has 2 aromatic rings. The minimum atomic E-state index is -0.00991. The van der Waals surface area contributed by atoms with Crippen molar-refractivity contribution in [3.8, 4) is 11.1 Å². The quantitative estimate of drug-likeness (QED) is 0.403. The molecule has 0 saturated carbocycles. The second-order valence-electron chi connectivity index (χ2n) is 8.56. The fraction of sp³-hybridized carbons (Fsp3) is 0.481. The standard InChI is InChI=1S/C27H34O2/c1-4-6-17-27(18-7-5-2)23-13-9-8-12-21(23)22-19-20(15-16-24(22)27)11-10-14-25-26(28-3)29-25/h8-13,15-16,19,25-26H,4-7,14,17-18H2,1-3H3/b11-10+. The Morgan fingerprint density at radius 3 is 2.38 bits per heavy atom. The summed E-state index contributed by atoms with van der Waals surface area (Å²) in [6.45, 7) is 4.61. The Morgan fingerprint density at radius 1 is 0.966 bits per heavy atom. The Bertz CT molecular complexity index is 859. The third-order valence-corrected chi connectivity index (χ3v) is 6.65. The van der Waals surface area contributed by atoms with E-state index in [1.54, 1.807) is 18.2 Å². The highest BCUT2D eigenvalue weighted by Gasteiger charge is 2.41. The van der Waals surface area contributed by atoms with Crippen molar-refractivity contribution in [1.82, 2.24) is 0 Å². The number of hydrogen-bond donors (Lipinski definition) is 0. The van der Waals surface area contributed by atoms with E-state index in [4.69, 9.17) is 9.47 Å². The van der Waals surface area contributed by atoms with Crippen molar-refractivity contribution >= 4 is 6.08 Å². The first-order valence-corrected chi connectivity index (χ1v) is 11.3. The number of methoxy groups -OCH3 is 1. The smallest absolute Gasteiger partial charge is 0.184 e. The summed E-state index contributed by atoms with van der Waals surface area (Å²) in [7, 11) is 1.70. The molecular formula is C27H34O2. The minimum Gasteiger partial charge on any atom is -0.353 e. The molecule has 0 radical (unpaired) electrons. The lowest BCUT2D eigenvalue weighted by molar-refractivity contribution is 0.0950. The van der Waals surface area contributed by atoms with Gasteiger partial charge in [-0.1, -0.05) is 88.1 Å². The van der Waals surface area contributed by atoms with Gasteiger partial charge >= 0.3 is 0 Å². The van der Waals surface area contributed by atoms with Gasteiger partial charge in [-0.25, -0.2) is 0 Å². The van der Waals surface area contributed by atoms with Crippen LogP contribution in [-0.2, 0) is 14.9 Å². The SMILES string of the molecule is CCCCC1(CCCC)c2ccccc2-c2cc(/C=C/CC3OC3OC)ccc21. The highest BCUT2D eigenvalue weighted by molar-refractivity contribution is 5.82. The number of benzene rings is 2. The van der Waals surface area contributed by atoms with Crippen molar-refractivity contribution in [1.29, 1.82) is 0 Å². The van der Waals surface area contributed by atoms with Crippen molar-refractivity contribution < 1.29 is 9.47 Å². The average Bonchev–Trinajstić information content (AvgIpc) is 3.47. The maximum Gasteiger partial charge on any atom is 0.184 e. The van der Waals surface area contributed by atoms with E-state index in [9.17, 15) is 0 Å². The number of fused-ring (bicyclic) bond motifs is 3. The molecule has 1 saturated heterocycles. The Kier molecular flexibility index (Phi) is 6.22. The molecule has 2 unspecified atom stereocenters. The minimum absolute atomic E-state index is 0.00991. The van der Waals surface area contributed by atoms with Gasteiger partial charge in [0, 0.05) is 12.5 Å². The molecule has 2 aliphatic rings. The van der Waals surface area contributed by atoms with Gasteiger partial charge in [0.2, 0.25) is 0 Å². The van der Waals surface area contributed by atoms with E-state index < -0.39 is 0 Å². The summed E-state index contributed by atoms with van der Waals surface area (Å²) >= 11 is 0. The first-order chi connectivity index (χ1) is 14.2. The molecular weight excluding hydrogens is 356 g/mol. The second-order valence-corrected chi connectivity index (χ2v) is 8.56. The number of ether oxygens (including phenoxy) is 2. The third kappa shape index (κ3) is 3.93. The Balaban J connectivity index is 1.66. The fourth-order valence-corrected chi connectivity index (χ4v) is 5.05. The molecule has 2 nitrogen and oxygen atoms in total. The molecule has 0 N–H and O–H groups in total. The Hall–Kier alpha value is -1.90. The maximum absolute atomic E-state index is 5.45. The largest absolute Gasteiger partial charge is 0.353 e. The average molecular weight is 391 g/mol. The van der Waals surface area contributed by atoms with E-state index in [-0.39, 0.29) is 17.8 Å². The topological polar surface area (TPSA) is 21.8 Å². The zero-order valence-electron chi connectivity index (χ0n) is 18.1. The third-order valence-electron chi connectivity index (χ3n) is 6.65. The van der Waals surface area contributed by atoms with Gasteiger partial charge in [0.25, 0.3) is 0 Å². The number of unbranched alkanes of at least 4 members (excludes halogenated alkanes) is 2. The van der Waals surface area contributed by atoms with Gasteiger partial charge < -0.3 is 9.47 Å². The highest BCUT2D eigenvalue weighted by Crippen LogP contribution is 2.54. The maximum atomic E-state index is 5.45. The van der Waals surface area contributed by atoms with Crippen LogP contribution in [0.3, 0.4) is 0 Å². The van der Waals surface area contributed by atoms with E-state index in [2.05, 4.69) is 68.5 Å². The summed E-state index contributed by atoms with van der Waals surface area (Å²) in [6, 6.07) is 16.2. The summed E-state index contributed by atoms with van der Waals surface area (Å²) in [5.74, 6) is 0. The van der Waals surface area contributed by atoms with Crippen LogP contribution in [0, 0.1) is 0 Å². The van der Waals surface area contributed by atoms with Crippen LogP contribution in [0.2, 0.25) is 0 Å². The highest BCUT2D eigenvalue weighted by atomic mass is 16.8. The normalized spacial score (nSPS) is 21.3. The lowest BCUT2D eigenvalue weighted by Gasteiger charge is -2.32. The van der Waals surface area contributed by atoms with Crippen molar-refractivity contribution in [3.63, 3.8) is 0 Å². The summed E-state index contributed by atoms with van der Waals surface area (Å²) in [6.07, 6.45) is 13.1. The van der Waals surface area contributed by atoms with Gasteiger partial charge in [0.05, 0.1) is 0 Å². The van der Waals surface area contributed by atoms with E-state index in [1.165, 1.54) is 55.2 Å². The Labute approximate surface area is 175 Å². The van der Waals surface area contributed by atoms with Crippen LogP contribution in [0.4, 0.5) is 0 Å². The van der Waals surface area contributed by atoms with Gasteiger partial charge in [-0.05, 0) is 53.1 Å². The summed E-state index contributed by atoms with van der Waals surface area (Å²) in [5, 5.41) is 0. The van der Waals surface area contributed by atoms with E-state index >= 15 is 0 Å². The predicted octanol–water partition coefficient (Wildman–Crippen LogP) is 7.11. The molecule has 0 bridgehead atoms. The summed E-state index contributed by atoms with van der Waals surface area (Å²) in [5.41, 5.74) is 7.43. The van der Waals surface area contributed by atoms with Crippen molar-refractivity contribution in [3.05, 3.63) is 65.2 Å². The fourth-order valence-electron chi connectivity index (χ4n) is 5.05. The molecule has 29 heavy (non-hydrogen) atoms. The molecule has 4 rings (SSSR count). The summed E-state index contributed by atoms with van der Waals surface area (Å²) < 4.78 is 10.7. The van der Waals surface area contributed by atoms with Crippen LogP contribution in [0.5, 0.6) is 0 Å². The lowest BCUT2D eigenvalue weighted by Crippen LogP contribution is -2.25. The molecule has 2 heteroatoms. The first kappa shape index (κ1) is 20.4. The van der Waals surface area contributed by atoms with Crippen LogP contribution >= 0.6 is 0 Å². The van der Waals surface area contributed by atoms with Gasteiger partial charge in [-0.15, -0.1) is 0 Å². The molecule has 2 atom stereocenters. The molecule has 1 aliphatic heterocycles. The number of epoxide rings is 1. The molecule has 0 amide bonds. The monoisotopic (exact) mass is 390 g/mol. The molecule has 0 aromatic heterocycles. The van der Waals surface area contributed by atoms with Gasteiger partial charge in [-0.2, -0.15) is 0 Å². The lowest BCUT2D eigenvalue weighted by atomic mass is 9.71. The van der Waals surface area contributed by atoms with E-state index in [0.717, 1.165) is 6.42 Å². The first-order valence-electron chi connectivity index (χ1n) is 11.3. The molecule has 1 fully saturated rings. The van der Waals surface area contributed by atoms with E-state index in [1.807, 2.05) is 0 Å². The Morgan fingerprint density at radius 2 is 1.69 bits per heavy atom. The molecule has 1 aliphatic carbocycles. The van der Waals surface area contributed by atoms with Crippen LogP contribution < -0.4 is 0 Å². The zero-order valence-corrected chi connectivity index (χ0v) is 18.1. The van der Waals surface area contributed by atoms with Crippen molar-refractivity contribution in [2.24, 2.45) is 0 Å². The molecule has 0 spiro atoms. The van der Waals surface area contributed by atoms with Crippen molar-refractivity contribution in [2.75, 3.05) is 7.11 Å². The van der Waals surface area contributed by atoms with E-state index in [0.29, 0.717) is 0 Å². The summed E-state index contributed by atoms with van der Waals surface area (Å²) in [4.78, 5) is 0.